The Morgan fingerprint density at radius 3 is 1.29 bits per heavy atom. The molecule has 0 aromatic rings. The van der Waals surface area contributed by atoms with E-state index in [0.29, 0.717) is 37.8 Å². The molecular weight excluding hydrogens is 478 g/mol. The third-order valence-corrected chi connectivity index (χ3v) is 16.0. The van der Waals surface area contributed by atoms with Crippen LogP contribution in [-0.4, -0.2) is 76.5 Å². The SMILES string of the molecule is CO[Si](C)(CCCC(CCC[Si](C)(OC)OC)(CP(O)(O)=S)P(O)(O)=S)OC. The molecule has 170 valence electrons. The average Bonchev–Trinajstić information content (AvgIpc) is 2.58. The number of rotatable bonds is 15. The van der Waals surface area contributed by atoms with Crippen molar-refractivity contribution in [2.24, 2.45) is 0 Å². The van der Waals surface area contributed by atoms with E-state index in [2.05, 4.69) is 0 Å². The third-order valence-electron chi connectivity index (χ3n) is 5.39. The van der Waals surface area contributed by atoms with Crippen molar-refractivity contribution in [1.82, 2.24) is 0 Å². The maximum atomic E-state index is 10.5. The summed E-state index contributed by atoms with van der Waals surface area (Å²) in [6.07, 6.45) is 1.38. The van der Waals surface area contributed by atoms with Gasteiger partial charge in [0, 0.05) is 34.6 Å². The summed E-state index contributed by atoms with van der Waals surface area (Å²) < 4.78 is 21.9. The second-order valence-corrected chi connectivity index (χ2v) is 21.5. The second-order valence-electron chi connectivity index (χ2n) is 7.38. The van der Waals surface area contributed by atoms with Gasteiger partial charge in [-0.05, 0) is 61.6 Å². The molecule has 0 saturated carbocycles. The van der Waals surface area contributed by atoms with Crippen LogP contribution in [0.4, 0.5) is 0 Å². The van der Waals surface area contributed by atoms with Gasteiger partial charge >= 0.3 is 17.1 Å². The van der Waals surface area contributed by atoms with Crippen LogP contribution in [0, 0.1) is 0 Å². The molecule has 4 N–H and O–H groups in total. The smallest absolute Gasteiger partial charge is 0.334 e. The highest BCUT2D eigenvalue weighted by atomic mass is 32.5. The van der Waals surface area contributed by atoms with Gasteiger partial charge < -0.3 is 37.3 Å². The van der Waals surface area contributed by atoms with E-state index in [1.807, 2.05) is 13.1 Å². The lowest BCUT2D eigenvalue weighted by Crippen LogP contribution is -2.39. The molecule has 0 aromatic carbocycles. The quantitative estimate of drug-likeness (QED) is 0.192. The molecule has 0 saturated heterocycles. The van der Waals surface area contributed by atoms with E-state index < -0.39 is 35.3 Å². The first kappa shape index (κ1) is 29.4. The normalized spacial score (nSPS) is 14.5. The molecular formula is C14H36O8P2S2Si2. The minimum absolute atomic E-state index is 0.296. The summed E-state index contributed by atoms with van der Waals surface area (Å²) >= 11 is 9.91. The van der Waals surface area contributed by atoms with Crippen LogP contribution in [0.25, 0.3) is 0 Å². The Balaban J connectivity index is 5.54. The zero-order chi connectivity index (χ0) is 22.3. The van der Waals surface area contributed by atoms with Crippen LogP contribution in [-0.2, 0) is 41.3 Å². The summed E-state index contributed by atoms with van der Waals surface area (Å²) in [6.45, 7) is -3.73. The lowest BCUT2D eigenvalue weighted by Gasteiger charge is -2.39. The van der Waals surface area contributed by atoms with Crippen molar-refractivity contribution in [2.75, 3.05) is 34.6 Å². The Labute approximate surface area is 181 Å². The Kier molecular flexibility index (Phi) is 12.5. The highest BCUT2D eigenvalue weighted by molar-refractivity contribution is 8.11. The molecule has 14 heteroatoms. The van der Waals surface area contributed by atoms with Crippen molar-refractivity contribution in [1.29, 1.82) is 0 Å². The lowest BCUT2D eigenvalue weighted by atomic mass is 9.99. The highest BCUT2D eigenvalue weighted by Crippen LogP contribution is 2.61. The van der Waals surface area contributed by atoms with Gasteiger partial charge in [0.25, 0.3) is 0 Å². The average molecular weight is 515 g/mol. The third kappa shape index (κ3) is 9.70. The van der Waals surface area contributed by atoms with Crippen LogP contribution in [0.5, 0.6) is 0 Å². The molecule has 0 rings (SSSR count). The van der Waals surface area contributed by atoms with Gasteiger partial charge in [0.15, 0.2) is 13.0 Å². The highest BCUT2D eigenvalue weighted by Gasteiger charge is 2.46. The van der Waals surface area contributed by atoms with Gasteiger partial charge in [0.1, 0.15) is 0 Å². The molecule has 0 heterocycles. The van der Waals surface area contributed by atoms with Crippen molar-refractivity contribution in [3.05, 3.63) is 0 Å². The minimum atomic E-state index is -3.86. The Bertz CT molecular complexity index is 540. The standard InChI is InChI=1S/C14H36O8P2S2Si2/c1-19-27(5,20-2)11-7-9-14(24(17,18)26,13-23(15,16)25)10-8-12-28(6,21-3)22-4/h7-13H2,1-6H3,(H2,15,16,25)(H2,17,18,26). The van der Waals surface area contributed by atoms with E-state index in [4.69, 9.17) is 41.3 Å². The van der Waals surface area contributed by atoms with Crippen LogP contribution in [0.3, 0.4) is 0 Å². The first-order valence-electron chi connectivity index (χ1n) is 8.92. The first-order valence-corrected chi connectivity index (χ1v) is 19.6. The van der Waals surface area contributed by atoms with Crippen molar-refractivity contribution >= 4 is 53.7 Å². The summed E-state index contributed by atoms with van der Waals surface area (Å²) in [6, 6.07) is 1.22. The molecule has 0 unspecified atom stereocenters. The maximum Gasteiger partial charge on any atom is 0.334 e. The topological polar surface area (TPSA) is 118 Å². The predicted molar refractivity (Wildman–Crippen MR) is 124 cm³/mol. The van der Waals surface area contributed by atoms with Gasteiger partial charge in [-0.3, -0.25) is 0 Å². The summed E-state index contributed by atoms with van der Waals surface area (Å²) in [5, 5.41) is -1.24. The van der Waals surface area contributed by atoms with E-state index in [1.54, 1.807) is 28.4 Å². The molecule has 0 bridgehead atoms. The second kappa shape index (κ2) is 11.9. The van der Waals surface area contributed by atoms with E-state index in [9.17, 15) is 19.6 Å². The van der Waals surface area contributed by atoms with Crippen LogP contribution in [0.2, 0.25) is 25.2 Å². The molecule has 0 aliphatic heterocycles. The molecule has 0 aliphatic rings. The van der Waals surface area contributed by atoms with Gasteiger partial charge in [-0.25, -0.2) is 0 Å². The molecule has 28 heavy (non-hydrogen) atoms. The fourth-order valence-corrected chi connectivity index (χ4v) is 11.3. The largest absolute Gasteiger partial charge is 0.398 e. The van der Waals surface area contributed by atoms with Gasteiger partial charge in [0.2, 0.25) is 0 Å². The van der Waals surface area contributed by atoms with Crippen molar-refractivity contribution < 1.29 is 37.3 Å². The van der Waals surface area contributed by atoms with Gasteiger partial charge in [-0.15, -0.1) is 0 Å². The van der Waals surface area contributed by atoms with Crippen LogP contribution in [0.15, 0.2) is 0 Å². The lowest BCUT2D eigenvalue weighted by molar-refractivity contribution is 0.245. The molecule has 0 spiro atoms. The van der Waals surface area contributed by atoms with Gasteiger partial charge in [0.05, 0.1) is 5.16 Å². The first-order chi connectivity index (χ1) is 12.6. The molecule has 0 fully saturated rings. The zero-order valence-corrected chi connectivity index (χ0v) is 23.0. The number of hydrogen-bond donors (Lipinski definition) is 4. The number of hydrogen-bond acceptors (Lipinski definition) is 6. The van der Waals surface area contributed by atoms with E-state index >= 15 is 0 Å². The molecule has 0 amide bonds. The van der Waals surface area contributed by atoms with Gasteiger partial charge in [-0.2, -0.15) is 0 Å². The molecule has 0 aliphatic carbocycles. The summed E-state index contributed by atoms with van der Waals surface area (Å²) in [7, 11) is 1.67. The van der Waals surface area contributed by atoms with Crippen molar-refractivity contribution in [3.8, 4) is 0 Å². The monoisotopic (exact) mass is 514 g/mol. The zero-order valence-electron chi connectivity index (χ0n) is 17.6. The van der Waals surface area contributed by atoms with E-state index in [-0.39, 0.29) is 6.16 Å². The van der Waals surface area contributed by atoms with Gasteiger partial charge in [-0.1, -0.05) is 12.8 Å². The van der Waals surface area contributed by atoms with E-state index in [1.165, 1.54) is 0 Å². The Morgan fingerprint density at radius 1 is 0.750 bits per heavy atom. The molecule has 8 nitrogen and oxygen atoms in total. The van der Waals surface area contributed by atoms with Crippen LogP contribution in [0.1, 0.15) is 25.7 Å². The molecule has 0 aromatic heterocycles. The van der Waals surface area contributed by atoms with Crippen LogP contribution < -0.4 is 0 Å². The summed E-state index contributed by atoms with van der Waals surface area (Å²) in [5.41, 5.74) is 0. The fraction of sp³-hybridized carbons (Fsp3) is 1.00. The van der Waals surface area contributed by atoms with E-state index in [0.717, 1.165) is 0 Å². The van der Waals surface area contributed by atoms with Crippen molar-refractivity contribution in [2.45, 2.75) is 56.0 Å². The summed E-state index contributed by atoms with van der Waals surface area (Å²) in [4.78, 5) is 41.0. The fourth-order valence-electron chi connectivity index (χ4n) is 3.10. The maximum absolute atomic E-state index is 10.5. The Hall–Kier alpha value is 1.41. The molecule has 0 radical (unpaired) electrons. The van der Waals surface area contributed by atoms with Crippen LogP contribution >= 0.6 is 13.0 Å². The molecule has 0 atom stereocenters. The van der Waals surface area contributed by atoms with Crippen molar-refractivity contribution in [3.63, 3.8) is 0 Å². The predicted octanol–water partition coefficient (Wildman–Crippen LogP) is 2.60. The summed E-state index contributed by atoms with van der Waals surface area (Å²) in [5.74, 6) is 0. The minimum Gasteiger partial charge on any atom is -0.398 e. The Morgan fingerprint density at radius 2 is 1.07 bits per heavy atom.